The van der Waals surface area contributed by atoms with Crippen LogP contribution in [0.25, 0.3) is 0 Å². The highest BCUT2D eigenvalue weighted by Gasteiger charge is 2.07. The highest BCUT2D eigenvalue weighted by molar-refractivity contribution is 5.97. The van der Waals surface area contributed by atoms with Crippen LogP contribution in [-0.4, -0.2) is 42.2 Å². The van der Waals surface area contributed by atoms with Gasteiger partial charge in [-0.2, -0.15) is 0 Å². The summed E-state index contributed by atoms with van der Waals surface area (Å²) >= 11 is 0. The number of hydrogen-bond donors (Lipinski definition) is 0. The van der Waals surface area contributed by atoms with Crippen LogP contribution in [0.15, 0.2) is 40.6 Å². The van der Waals surface area contributed by atoms with Gasteiger partial charge in [0.1, 0.15) is 25.1 Å². The first-order chi connectivity index (χ1) is 13.5. The molecule has 0 amide bonds. The fourth-order valence-electron chi connectivity index (χ4n) is 2.65. The van der Waals surface area contributed by atoms with Crippen molar-refractivity contribution in [2.24, 2.45) is 10.3 Å². The summed E-state index contributed by atoms with van der Waals surface area (Å²) in [6, 6.07) is 9.84. The van der Waals surface area contributed by atoms with Gasteiger partial charge in [0.25, 0.3) is 0 Å². The van der Waals surface area contributed by atoms with Crippen LogP contribution in [0.2, 0.25) is 0 Å². The van der Waals surface area contributed by atoms with Gasteiger partial charge in [-0.1, -0.05) is 16.4 Å². The molecule has 2 rings (SSSR count). The molecule has 150 valence electrons. The molecule has 2 aromatic heterocycles. The number of oxime groups is 2. The van der Waals surface area contributed by atoms with Gasteiger partial charge in [-0.3, -0.25) is 9.97 Å². The van der Waals surface area contributed by atoms with E-state index >= 15 is 0 Å². The van der Waals surface area contributed by atoms with Crippen LogP contribution in [0, 0.1) is 6.92 Å². The zero-order chi connectivity index (χ0) is 20.4. The lowest BCUT2D eigenvalue weighted by Gasteiger charge is -2.08. The molecule has 0 spiro atoms. The van der Waals surface area contributed by atoms with Gasteiger partial charge in [0.2, 0.25) is 0 Å². The largest absolute Gasteiger partial charge is 0.399 e. The maximum atomic E-state index is 5.46. The second-order valence-corrected chi connectivity index (χ2v) is 6.42. The third-order valence-corrected chi connectivity index (χ3v) is 3.98. The maximum Gasteiger partial charge on any atom is 0.117 e. The molecule has 0 saturated heterocycles. The van der Waals surface area contributed by atoms with Crippen molar-refractivity contribution in [1.82, 2.24) is 9.97 Å². The number of aromatic nitrogens is 2. The van der Waals surface area contributed by atoms with Crippen molar-refractivity contribution >= 4 is 11.4 Å². The molecule has 0 fully saturated rings. The fourth-order valence-corrected chi connectivity index (χ4v) is 2.65. The van der Waals surface area contributed by atoms with Crippen molar-refractivity contribution in [3.05, 3.63) is 58.7 Å². The minimum absolute atomic E-state index is 0.500. The van der Waals surface area contributed by atoms with Crippen molar-refractivity contribution in [2.45, 2.75) is 40.2 Å². The van der Waals surface area contributed by atoms with Crippen molar-refractivity contribution in [2.75, 3.05) is 20.8 Å². The average Bonchev–Trinajstić information content (AvgIpc) is 2.68. The molecule has 0 aliphatic carbocycles. The van der Waals surface area contributed by atoms with Crippen molar-refractivity contribution in [1.29, 1.82) is 0 Å². The Morgan fingerprint density at radius 3 is 2.50 bits per heavy atom. The molecule has 7 nitrogen and oxygen atoms in total. The number of ether oxygens (including phenoxy) is 1. The Morgan fingerprint density at radius 2 is 1.79 bits per heavy atom. The van der Waals surface area contributed by atoms with E-state index in [4.69, 9.17) is 14.4 Å². The van der Waals surface area contributed by atoms with E-state index in [1.54, 1.807) is 7.11 Å². The van der Waals surface area contributed by atoms with Crippen molar-refractivity contribution in [3.8, 4) is 0 Å². The van der Waals surface area contributed by atoms with Gasteiger partial charge in [-0.25, -0.2) is 0 Å². The van der Waals surface area contributed by atoms with Crippen LogP contribution in [0.3, 0.4) is 0 Å². The molecule has 2 aromatic rings. The molecular weight excluding hydrogens is 356 g/mol. The molecule has 0 unspecified atom stereocenters. The van der Waals surface area contributed by atoms with Gasteiger partial charge in [-0.15, -0.1) is 0 Å². The molecule has 0 aromatic carbocycles. The molecule has 0 saturated carbocycles. The van der Waals surface area contributed by atoms with Crippen molar-refractivity contribution in [3.63, 3.8) is 0 Å². The van der Waals surface area contributed by atoms with Gasteiger partial charge in [-0.05, 0) is 63.4 Å². The van der Waals surface area contributed by atoms with Crippen LogP contribution in [0.4, 0.5) is 0 Å². The van der Waals surface area contributed by atoms with E-state index < -0.39 is 0 Å². The van der Waals surface area contributed by atoms with Gasteiger partial charge >= 0.3 is 0 Å². The quantitative estimate of drug-likeness (QED) is 0.355. The Kier molecular flexibility index (Phi) is 8.55. The summed E-state index contributed by atoms with van der Waals surface area (Å²) in [4.78, 5) is 19.4. The fraction of sp³-hybridized carbons (Fsp3) is 0.429. The van der Waals surface area contributed by atoms with Crippen LogP contribution in [0.1, 0.15) is 48.6 Å². The summed E-state index contributed by atoms with van der Waals surface area (Å²) in [5.74, 6) is 0. The summed E-state index contributed by atoms with van der Waals surface area (Å²) in [7, 11) is 3.20. The summed E-state index contributed by atoms with van der Waals surface area (Å²) in [5, 5.41) is 8.13. The zero-order valence-corrected chi connectivity index (χ0v) is 17.2. The van der Waals surface area contributed by atoms with E-state index in [0.717, 1.165) is 52.6 Å². The van der Waals surface area contributed by atoms with Crippen molar-refractivity contribution < 1.29 is 14.4 Å². The zero-order valence-electron chi connectivity index (χ0n) is 17.2. The lowest BCUT2D eigenvalue weighted by Crippen LogP contribution is -2.06. The van der Waals surface area contributed by atoms with Gasteiger partial charge in [0, 0.05) is 18.5 Å². The lowest BCUT2D eigenvalue weighted by molar-refractivity contribution is 0.141. The van der Waals surface area contributed by atoms with Crippen LogP contribution in [-0.2, 0) is 27.4 Å². The maximum absolute atomic E-state index is 5.46. The molecule has 7 heteroatoms. The second-order valence-electron chi connectivity index (χ2n) is 6.42. The molecule has 0 bridgehead atoms. The predicted octanol–water partition coefficient (Wildman–Crippen LogP) is 3.68. The minimum atomic E-state index is 0.500. The smallest absolute Gasteiger partial charge is 0.117 e. The third-order valence-electron chi connectivity index (χ3n) is 3.98. The molecule has 28 heavy (non-hydrogen) atoms. The van der Waals surface area contributed by atoms with Gasteiger partial charge < -0.3 is 14.4 Å². The number of rotatable bonds is 10. The Balaban J connectivity index is 1.94. The first kappa shape index (κ1) is 21.5. The molecule has 0 N–H and O–H groups in total. The first-order valence-electron chi connectivity index (χ1n) is 9.21. The van der Waals surface area contributed by atoms with Gasteiger partial charge in [0.05, 0.1) is 18.0 Å². The van der Waals surface area contributed by atoms with E-state index in [1.807, 2.05) is 51.1 Å². The standard InChI is InChI=1S/C21H28N4O3/c1-15-8-6-10-20(22-15)16(2)25-28-11-7-9-19-12-18(14-26-4)13-21(23-19)17(3)24-27-5/h6,8,10,12-13H,7,9,11,14H2,1-5H3. The Labute approximate surface area is 166 Å². The first-order valence-corrected chi connectivity index (χ1v) is 9.21. The molecular formula is C21H28N4O3. The summed E-state index contributed by atoms with van der Waals surface area (Å²) in [6.45, 7) is 6.73. The third kappa shape index (κ3) is 6.74. The molecule has 2 heterocycles. The highest BCUT2D eigenvalue weighted by Crippen LogP contribution is 2.11. The predicted molar refractivity (Wildman–Crippen MR) is 110 cm³/mol. The van der Waals surface area contributed by atoms with Gasteiger partial charge in [0.15, 0.2) is 0 Å². The highest BCUT2D eigenvalue weighted by atomic mass is 16.6. The molecule has 0 aliphatic heterocycles. The Morgan fingerprint density at radius 1 is 1.00 bits per heavy atom. The van der Waals surface area contributed by atoms with E-state index in [2.05, 4.69) is 20.3 Å². The number of nitrogens with zero attached hydrogens (tertiary/aromatic N) is 4. The topological polar surface area (TPSA) is 78.2 Å². The van der Waals surface area contributed by atoms with E-state index in [0.29, 0.717) is 13.2 Å². The average molecular weight is 384 g/mol. The lowest BCUT2D eigenvalue weighted by atomic mass is 10.1. The SMILES string of the molecule is COCc1cc(CCCON=C(C)c2cccc(C)n2)nc(C(C)=NOC)c1. The molecule has 0 atom stereocenters. The van der Waals surface area contributed by atoms with Crippen LogP contribution < -0.4 is 0 Å². The van der Waals surface area contributed by atoms with E-state index in [1.165, 1.54) is 7.11 Å². The Hall–Kier alpha value is -2.80. The van der Waals surface area contributed by atoms with Crippen LogP contribution >= 0.6 is 0 Å². The number of aryl methyl sites for hydroxylation is 2. The minimum Gasteiger partial charge on any atom is -0.399 e. The number of hydrogen-bond acceptors (Lipinski definition) is 7. The monoisotopic (exact) mass is 384 g/mol. The normalized spacial score (nSPS) is 12.2. The summed E-state index contributed by atoms with van der Waals surface area (Å²) in [5.41, 5.74) is 6.06. The molecule has 0 radical (unpaired) electrons. The Bertz CT molecular complexity index is 834. The van der Waals surface area contributed by atoms with Crippen LogP contribution in [0.5, 0.6) is 0 Å². The van der Waals surface area contributed by atoms with E-state index in [9.17, 15) is 0 Å². The summed E-state index contributed by atoms with van der Waals surface area (Å²) in [6.07, 6.45) is 1.56. The number of methoxy groups -OCH3 is 1. The molecule has 0 aliphatic rings. The van der Waals surface area contributed by atoms with E-state index in [-0.39, 0.29) is 0 Å². The summed E-state index contributed by atoms with van der Waals surface area (Å²) < 4.78 is 5.25. The number of pyridine rings is 2. The second kappa shape index (κ2) is 11.1.